The number of nitrogens with zero attached hydrogens (tertiary/aromatic N) is 1. The van der Waals surface area contributed by atoms with Crippen LogP contribution in [0.15, 0.2) is 36.4 Å². The van der Waals surface area contributed by atoms with Crippen LogP contribution in [0.25, 0.3) is 6.08 Å². The van der Waals surface area contributed by atoms with Gasteiger partial charge in [0.15, 0.2) is 0 Å². The molecular weight excluding hydrogens is 418 g/mol. The van der Waals surface area contributed by atoms with Crippen LogP contribution in [0.4, 0.5) is 0 Å². The molecule has 0 aromatic heterocycles. The first-order valence-electron chi connectivity index (χ1n) is 10.6. The van der Waals surface area contributed by atoms with Gasteiger partial charge in [-0.15, -0.1) is 4.41 Å². The summed E-state index contributed by atoms with van der Waals surface area (Å²) in [5.74, 6) is -2.55. The number of hydrazine groups is 1. The van der Waals surface area contributed by atoms with Gasteiger partial charge in [0.1, 0.15) is 0 Å². The SMILES string of the molecule is CC(C)C[C@@H](C(=O)NN(CC1CC1)S(C)(=O)=O)[C@H](CC=Cc1ccccc1)C(=O)NO. The average Bonchev–Trinajstić information content (AvgIpc) is 3.53. The lowest BCUT2D eigenvalue weighted by Crippen LogP contribution is -2.51. The van der Waals surface area contributed by atoms with Gasteiger partial charge in [-0.05, 0) is 43.1 Å². The maximum Gasteiger partial charge on any atom is 0.247 e. The molecule has 0 radical (unpaired) electrons. The Morgan fingerprint density at radius 3 is 2.32 bits per heavy atom. The van der Waals surface area contributed by atoms with E-state index in [0.29, 0.717) is 6.42 Å². The number of allylic oxidation sites excluding steroid dienone is 1. The molecule has 2 atom stereocenters. The summed E-state index contributed by atoms with van der Waals surface area (Å²) in [6.07, 6.45) is 7.12. The van der Waals surface area contributed by atoms with E-state index >= 15 is 0 Å². The van der Waals surface area contributed by atoms with Gasteiger partial charge in [-0.25, -0.2) is 13.9 Å². The zero-order chi connectivity index (χ0) is 23.0. The van der Waals surface area contributed by atoms with Crippen molar-refractivity contribution in [1.82, 2.24) is 15.3 Å². The summed E-state index contributed by atoms with van der Waals surface area (Å²) >= 11 is 0. The van der Waals surface area contributed by atoms with Gasteiger partial charge in [-0.1, -0.05) is 56.3 Å². The van der Waals surface area contributed by atoms with Crippen LogP contribution in [-0.2, 0) is 19.6 Å². The van der Waals surface area contributed by atoms with Gasteiger partial charge in [0.25, 0.3) is 0 Å². The van der Waals surface area contributed by atoms with Crippen LogP contribution in [0.1, 0.15) is 45.1 Å². The van der Waals surface area contributed by atoms with Crippen molar-refractivity contribution in [2.45, 2.75) is 39.5 Å². The number of hydrogen-bond acceptors (Lipinski definition) is 5. The Balaban J connectivity index is 2.21. The first-order chi connectivity index (χ1) is 14.6. The first-order valence-corrected chi connectivity index (χ1v) is 12.4. The lowest BCUT2D eigenvalue weighted by molar-refractivity contribution is -0.141. The molecular formula is C22H33N3O5S. The van der Waals surface area contributed by atoms with E-state index in [9.17, 15) is 23.2 Å². The molecule has 1 aliphatic rings. The predicted molar refractivity (Wildman–Crippen MR) is 119 cm³/mol. The number of benzene rings is 1. The van der Waals surface area contributed by atoms with Crippen LogP contribution in [0, 0.1) is 23.7 Å². The highest BCUT2D eigenvalue weighted by atomic mass is 32.2. The molecule has 0 aliphatic heterocycles. The van der Waals surface area contributed by atoms with E-state index in [0.717, 1.165) is 29.1 Å². The molecule has 1 aromatic carbocycles. The van der Waals surface area contributed by atoms with Crippen LogP contribution in [0.3, 0.4) is 0 Å². The summed E-state index contributed by atoms with van der Waals surface area (Å²) in [6, 6.07) is 9.52. The predicted octanol–water partition coefficient (Wildman–Crippen LogP) is 2.58. The fourth-order valence-electron chi connectivity index (χ4n) is 3.42. The van der Waals surface area contributed by atoms with Crippen LogP contribution in [0.2, 0.25) is 0 Å². The maximum atomic E-state index is 13.1. The van der Waals surface area contributed by atoms with Gasteiger partial charge in [-0.3, -0.25) is 20.2 Å². The van der Waals surface area contributed by atoms with Crippen molar-refractivity contribution in [2.24, 2.45) is 23.7 Å². The molecule has 3 N–H and O–H groups in total. The van der Waals surface area contributed by atoms with E-state index in [4.69, 9.17) is 0 Å². The summed E-state index contributed by atoms with van der Waals surface area (Å²) in [5, 5.41) is 9.26. The number of hydroxylamine groups is 1. The van der Waals surface area contributed by atoms with Crippen LogP contribution in [-0.4, -0.2) is 42.7 Å². The molecule has 8 nitrogen and oxygen atoms in total. The second-order valence-electron chi connectivity index (χ2n) is 8.58. The Bertz CT molecular complexity index is 866. The molecule has 0 bridgehead atoms. The van der Waals surface area contributed by atoms with Crippen molar-refractivity contribution >= 4 is 27.9 Å². The van der Waals surface area contributed by atoms with Crippen molar-refractivity contribution in [2.75, 3.05) is 12.8 Å². The minimum atomic E-state index is -3.64. The summed E-state index contributed by atoms with van der Waals surface area (Å²) in [7, 11) is -3.64. The lowest BCUT2D eigenvalue weighted by atomic mass is 9.82. The summed E-state index contributed by atoms with van der Waals surface area (Å²) in [6.45, 7) is 4.07. The molecule has 1 fully saturated rings. The normalized spacial score (nSPS) is 16.5. The standard InChI is InChI=1S/C22H33N3O5S/c1-16(2)14-20(21(26)23-25(31(3,29)30)15-18-12-13-18)19(22(27)24-28)11-7-10-17-8-5-4-6-9-17/h4-10,16,18-20,28H,11-15H2,1-3H3,(H,23,26)(H,24,27)/t19-,20+/m0/s1. The van der Waals surface area contributed by atoms with E-state index in [2.05, 4.69) is 5.43 Å². The topological polar surface area (TPSA) is 116 Å². The quantitative estimate of drug-likeness (QED) is 0.334. The third-order valence-electron chi connectivity index (χ3n) is 5.25. The molecule has 2 amide bonds. The number of carbonyl (C=O) groups excluding carboxylic acids is 2. The van der Waals surface area contributed by atoms with Crippen LogP contribution >= 0.6 is 0 Å². The summed E-state index contributed by atoms with van der Waals surface area (Å²) in [5.41, 5.74) is 5.13. The van der Waals surface area contributed by atoms with Gasteiger partial charge in [-0.2, -0.15) is 0 Å². The van der Waals surface area contributed by atoms with Crippen LogP contribution in [0.5, 0.6) is 0 Å². The second-order valence-corrected chi connectivity index (χ2v) is 10.5. The highest BCUT2D eigenvalue weighted by molar-refractivity contribution is 7.88. The molecule has 0 unspecified atom stereocenters. The maximum absolute atomic E-state index is 13.1. The van der Waals surface area contributed by atoms with Gasteiger partial charge < -0.3 is 0 Å². The molecule has 1 saturated carbocycles. The number of amides is 2. The Labute approximate surface area is 184 Å². The van der Waals surface area contributed by atoms with Gasteiger partial charge in [0.2, 0.25) is 21.8 Å². The highest BCUT2D eigenvalue weighted by Crippen LogP contribution is 2.30. The molecule has 0 spiro atoms. The fourth-order valence-corrected chi connectivity index (χ4v) is 4.16. The molecule has 9 heteroatoms. The Kier molecular flexibility index (Phi) is 9.21. The fraction of sp³-hybridized carbons (Fsp3) is 0.545. The zero-order valence-electron chi connectivity index (χ0n) is 18.3. The van der Waals surface area contributed by atoms with E-state index in [1.54, 1.807) is 11.6 Å². The van der Waals surface area contributed by atoms with Gasteiger partial charge in [0.05, 0.1) is 18.1 Å². The Hall–Kier alpha value is -2.23. The molecule has 0 heterocycles. The molecule has 1 aromatic rings. The first kappa shape index (κ1) is 25.0. The second kappa shape index (κ2) is 11.4. The Morgan fingerprint density at radius 2 is 1.81 bits per heavy atom. The number of nitrogens with one attached hydrogen (secondary N) is 2. The van der Waals surface area contributed by atoms with Crippen molar-refractivity contribution in [3.63, 3.8) is 0 Å². The summed E-state index contributed by atoms with van der Waals surface area (Å²) in [4.78, 5) is 25.6. The smallest absolute Gasteiger partial charge is 0.247 e. The minimum absolute atomic E-state index is 0.0814. The zero-order valence-corrected chi connectivity index (χ0v) is 19.1. The van der Waals surface area contributed by atoms with Crippen molar-refractivity contribution in [1.29, 1.82) is 0 Å². The number of rotatable bonds is 12. The highest BCUT2D eigenvalue weighted by Gasteiger charge is 2.36. The third-order valence-corrected chi connectivity index (χ3v) is 6.29. The number of hydrogen-bond donors (Lipinski definition) is 3. The number of carbonyl (C=O) groups is 2. The molecule has 0 saturated heterocycles. The average molecular weight is 452 g/mol. The van der Waals surface area contributed by atoms with E-state index in [1.165, 1.54) is 0 Å². The van der Waals surface area contributed by atoms with Crippen molar-refractivity contribution in [3.05, 3.63) is 42.0 Å². The van der Waals surface area contributed by atoms with E-state index in [-0.39, 0.29) is 24.8 Å². The number of sulfonamides is 1. The monoisotopic (exact) mass is 451 g/mol. The molecule has 2 rings (SSSR count). The summed E-state index contributed by atoms with van der Waals surface area (Å²) < 4.78 is 25.3. The van der Waals surface area contributed by atoms with Crippen LogP contribution < -0.4 is 10.9 Å². The molecule has 1 aliphatic carbocycles. The third kappa shape index (κ3) is 8.43. The lowest BCUT2D eigenvalue weighted by Gasteiger charge is -2.28. The van der Waals surface area contributed by atoms with Crippen molar-refractivity contribution < 1.29 is 23.2 Å². The minimum Gasteiger partial charge on any atom is -0.289 e. The largest absolute Gasteiger partial charge is 0.289 e. The molecule has 31 heavy (non-hydrogen) atoms. The van der Waals surface area contributed by atoms with Gasteiger partial charge >= 0.3 is 0 Å². The van der Waals surface area contributed by atoms with Crippen molar-refractivity contribution in [3.8, 4) is 0 Å². The van der Waals surface area contributed by atoms with Gasteiger partial charge in [0, 0.05) is 6.54 Å². The van der Waals surface area contributed by atoms with E-state index < -0.39 is 33.7 Å². The molecule has 172 valence electrons. The Morgan fingerprint density at radius 1 is 1.16 bits per heavy atom. The van der Waals surface area contributed by atoms with E-state index in [1.807, 2.05) is 50.3 Å².